The Labute approximate surface area is 168 Å². The van der Waals surface area contributed by atoms with Gasteiger partial charge >= 0.3 is 6.18 Å². The maximum atomic E-state index is 14.4. The predicted octanol–water partition coefficient (Wildman–Crippen LogP) is 3.06. The average Bonchev–Trinajstić information content (AvgIpc) is 3.13. The number of piperidine rings is 1. The van der Waals surface area contributed by atoms with Crippen LogP contribution in [0.3, 0.4) is 0 Å². The summed E-state index contributed by atoms with van der Waals surface area (Å²) in [5, 5.41) is 4.19. The molecule has 4 heterocycles. The number of halogens is 4. The Kier molecular flexibility index (Phi) is 5.35. The number of rotatable bonds is 4. The Morgan fingerprint density at radius 2 is 2.07 bits per heavy atom. The summed E-state index contributed by atoms with van der Waals surface area (Å²) in [4.78, 5) is 25.5. The first-order valence-corrected chi connectivity index (χ1v) is 9.44. The van der Waals surface area contributed by atoms with E-state index in [1.165, 1.54) is 4.90 Å². The minimum atomic E-state index is -4.54. The topological polar surface area (TPSA) is 76.3 Å². The highest BCUT2D eigenvalue weighted by atomic mass is 19.4. The smallest absolute Gasteiger partial charge is 0.342 e. The van der Waals surface area contributed by atoms with Crippen molar-refractivity contribution in [3.63, 3.8) is 0 Å². The van der Waals surface area contributed by atoms with E-state index in [1.54, 1.807) is 29.3 Å². The Bertz CT molecular complexity index is 1070. The zero-order chi connectivity index (χ0) is 21.3. The zero-order valence-corrected chi connectivity index (χ0v) is 15.8. The lowest BCUT2D eigenvalue weighted by Crippen LogP contribution is -2.42. The number of aromatic nitrogens is 5. The molecule has 0 spiro atoms. The highest BCUT2D eigenvalue weighted by molar-refractivity contribution is 5.77. The van der Waals surface area contributed by atoms with E-state index in [4.69, 9.17) is 0 Å². The first kappa shape index (κ1) is 20.2. The van der Waals surface area contributed by atoms with Crippen LogP contribution >= 0.6 is 0 Å². The van der Waals surface area contributed by atoms with Crippen molar-refractivity contribution in [3.8, 4) is 11.4 Å². The summed E-state index contributed by atoms with van der Waals surface area (Å²) in [6, 6.07) is 0. The van der Waals surface area contributed by atoms with Gasteiger partial charge in [-0.2, -0.15) is 18.3 Å². The van der Waals surface area contributed by atoms with Crippen molar-refractivity contribution in [1.82, 2.24) is 29.5 Å². The molecule has 0 radical (unpaired) electrons. The molecule has 0 bridgehead atoms. The zero-order valence-electron chi connectivity index (χ0n) is 15.8. The van der Waals surface area contributed by atoms with Gasteiger partial charge in [-0.25, -0.2) is 18.9 Å². The lowest BCUT2D eigenvalue weighted by Gasteiger charge is -2.33. The molecule has 3 aromatic rings. The number of hydrogen-bond donors (Lipinski definition) is 0. The molecule has 3 aromatic heterocycles. The van der Waals surface area contributed by atoms with E-state index in [2.05, 4.69) is 20.1 Å². The van der Waals surface area contributed by atoms with Gasteiger partial charge in [0.05, 0.1) is 35.4 Å². The maximum Gasteiger partial charge on any atom is 0.397 e. The Hall–Kier alpha value is -3.11. The van der Waals surface area contributed by atoms with Crippen LogP contribution in [0.5, 0.6) is 0 Å². The second-order valence-corrected chi connectivity index (χ2v) is 7.30. The molecule has 1 amide bonds. The van der Waals surface area contributed by atoms with Crippen LogP contribution in [0.2, 0.25) is 0 Å². The van der Waals surface area contributed by atoms with E-state index < -0.39 is 24.3 Å². The Morgan fingerprint density at radius 1 is 1.23 bits per heavy atom. The summed E-state index contributed by atoms with van der Waals surface area (Å²) >= 11 is 0. The Morgan fingerprint density at radius 3 is 2.87 bits per heavy atom. The first-order valence-electron chi connectivity index (χ1n) is 9.44. The molecule has 1 atom stereocenters. The third-order valence-corrected chi connectivity index (χ3v) is 5.09. The largest absolute Gasteiger partial charge is 0.397 e. The van der Waals surface area contributed by atoms with Crippen LogP contribution in [0.4, 0.5) is 17.6 Å². The average molecular weight is 422 g/mol. The quantitative estimate of drug-likeness (QED) is 0.604. The molecule has 4 rings (SSSR count). The van der Waals surface area contributed by atoms with Gasteiger partial charge in [-0.15, -0.1) is 0 Å². The van der Waals surface area contributed by atoms with Crippen molar-refractivity contribution < 1.29 is 22.4 Å². The number of carbonyl (C=O) groups is 1. The molecule has 11 heteroatoms. The molecule has 1 aliphatic rings. The SMILES string of the molecule is O=C(CC(F)(F)F)N1CCC[C@@H](Cc2nc(-c3cnn4ccncc34)ncc2F)C1. The second kappa shape index (κ2) is 7.96. The van der Waals surface area contributed by atoms with E-state index in [1.807, 2.05) is 0 Å². The molecule has 0 unspecified atom stereocenters. The number of alkyl halides is 3. The normalized spacial score (nSPS) is 17.5. The minimum Gasteiger partial charge on any atom is -0.342 e. The fraction of sp³-hybridized carbons (Fsp3) is 0.421. The molecule has 30 heavy (non-hydrogen) atoms. The highest BCUT2D eigenvalue weighted by Crippen LogP contribution is 2.27. The van der Waals surface area contributed by atoms with E-state index in [0.717, 1.165) is 6.20 Å². The van der Waals surface area contributed by atoms with E-state index in [-0.39, 0.29) is 36.9 Å². The van der Waals surface area contributed by atoms with Gasteiger partial charge in [0.2, 0.25) is 5.91 Å². The number of likely N-dealkylation sites (tertiary alicyclic amines) is 1. The predicted molar refractivity (Wildman–Crippen MR) is 97.7 cm³/mol. The Balaban J connectivity index is 1.52. The number of amides is 1. The van der Waals surface area contributed by atoms with Crippen molar-refractivity contribution in [2.45, 2.75) is 31.9 Å². The van der Waals surface area contributed by atoms with Gasteiger partial charge in [0.15, 0.2) is 11.6 Å². The molecule has 7 nitrogen and oxygen atoms in total. The first-order chi connectivity index (χ1) is 14.3. The molecule has 0 N–H and O–H groups in total. The van der Waals surface area contributed by atoms with E-state index in [9.17, 15) is 22.4 Å². The van der Waals surface area contributed by atoms with Crippen LogP contribution in [0.15, 0.2) is 31.0 Å². The van der Waals surface area contributed by atoms with Crippen molar-refractivity contribution >= 4 is 11.4 Å². The standard InChI is InChI=1S/C19H18F4N6O/c20-14-9-25-18(13-8-26-29-5-3-24-10-16(13)29)27-15(14)6-12-2-1-4-28(11-12)17(30)7-19(21,22)23/h3,5,8-10,12H,1-2,4,6-7,11H2/t12-/m0/s1. The van der Waals surface area contributed by atoms with Crippen molar-refractivity contribution in [1.29, 1.82) is 0 Å². The van der Waals surface area contributed by atoms with Crippen molar-refractivity contribution in [2.24, 2.45) is 5.92 Å². The molecule has 158 valence electrons. The highest BCUT2D eigenvalue weighted by Gasteiger charge is 2.35. The van der Waals surface area contributed by atoms with Crippen LogP contribution in [0.1, 0.15) is 25.0 Å². The van der Waals surface area contributed by atoms with Gasteiger partial charge in [-0.05, 0) is 25.2 Å². The summed E-state index contributed by atoms with van der Waals surface area (Å²) in [5.41, 5.74) is 1.42. The van der Waals surface area contributed by atoms with Gasteiger partial charge in [0.25, 0.3) is 0 Å². The third-order valence-electron chi connectivity index (χ3n) is 5.09. The van der Waals surface area contributed by atoms with Crippen LogP contribution in [0, 0.1) is 11.7 Å². The maximum absolute atomic E-state index is 14.4. The number of nitrogens with zero attached hydrogens (tertiary/aromatic N) is 6. The lowest BCUT2D eigenvalue weighted by atomic mass is 9.93. The molecular weight excluding hydrogens is 404 g/mol. The fourth-order valence-corrected chi connectivity index (χ4v) is 3.70. The van der Waals surface area contributed by atoms with Gasteiger partial charge < -0.3 is 4.90 Å². The van der Waals surface area contributed by atoms with Crippen LogP contribution in [-0.2, 0) is 11.2 Å². The van der Waals surface area contributed by atoms with Gasteiger partial charge in [-0.3, -0.25) is 9.78 Å². The van der Waals surface area contributed by atoms with Gasteiger partial charge in [0, 0.05) is 25.5 Å². The fourth-order valence-electron chi connectivity index (χ4n) is 3.70. The molecular formula is C19H18F4N6O. The van der Waals surface area contributed by atoms with E-state index >= 15 is 0 Å². The van der Waals surface area contributed by atoms with Crippen molar-refractivity contribution in [2.75, 3.05) is 13.1 Å². The van der Waals surface area contributed by atoms with Gasteiger partial charge in [0.1, 0.15) is 6.42 Å². The van der Waals surface area contributed by atoms with Crippen LogP contribution < -0.4 is 0 Å². The van der Waals surface area contributed by atoms with E-state index in [0.29, 0.717) is 23.9 Å². The van der Waals surface area contributed by atoms with Crippen molar-refractivity contribution in [3.05, 3.63) is 42.5 Å². The third kappa shape index (κ3) is 4.39. The number of carbonyl (C=O) groups excluding carboxylic acids is 1. The summed E-state index contributed by atoms with van der Waals surface area (Å²) < 4.78 is 53.5. The lowest BCUT2D eigenvalue weighted by molar-refractivity contribution is -0.162. The molecule has 1 aliphatic heterocycles. The number of hydrogen-bond acceptors (Lipinski definition) is 5. The monoisotopic (exact) mass is 422 g/mol. The summed E-state index contributed by atoms with van der Waals surface area (Å²) in [6.45, 7) is 0.423. The summed E-state index contributed by atoms with van der Waals surface area (Å²) in [5.74, 6) is -1.43. The molecule has 0 saturated carbocycles. The molecule has 1 saturated heterocycles. The summed E-state index contributed by atoms with van der Waals surface area (Å²) in [7, 11) is 0. The molecule has 0 aromatic carbocycles. The number of fused-ring (bicyclic) bond motifs is 1. The summed E-state index contributed by atoms with van der Waals surface area (Å²) in [6.07, 6.45) is 2.90. The molecule has 0 aliphatic carbocycles. The minimum absolute atomic E-state index is 0.147. The van der Waals surface area contributed by atoms with Crippen LogP contribution in [0.25, 0.3) is 16.9 Å². The van der Waals surface area contributed by atoms with Gasteiger partial charge in [-0.1, -0.05) is 0 Å². The second-order valence-electron chi connectivity index (χ2n) is 7.30. The van der Waals surface area contributed by atoms with Crippen LogP contribution in [-0.4, -0.2) is 54.6 Å². The molecule has 1 fully saturated rings.